The van der Waals surface area contributed by atoms with E-state index in [0.29, 0.717) is 10.7 Å². The van der Waals surface area contributed by atoms with E-state index in [1.54, 1.807) is 24.3 Å². The number of carboxylic acids is 1. The number of allylic oxidation sites excluding steroid dienone is 1. The van der Waals surface area contributed by atoms with Crippen LogP contribution in [0.5, 0.6) is 0 Å². The number of carbonyl (C=O) groups excluding carboxylic acids is 3. The van der Waals surface area contributed by atoms with Crippen LogP contribution in [0.15, 0.2) is 41.4 Å². The smallest absolute Gasteiger partial charge is 0.245 e. The van der Waals surface area contributed by atoms with E-state index in [9.17, 15) is 19.5 Å². The first-order chi connectivity index (χ1) is 9.49. The molecule has 0 aromatic heterocycles. The van der Waals surface area contributed by atoms with Crippen molar-refractivity contribution in [1.29, 1.82) is 0 Å². The van der Waals surface area contributed by atoms with E-state index in [1.807, 2.05) is 6.07 Å². The van der Waals surface area contributed by atoms with Crippen molar-refractivity contribution in [2.24, 2.45) is 0 Å². The molecule has 1 aromatic carbocycles. The fourth-order valence-corrected chi connectivity index (χ4v) is 3.14. The maximum absolute atomic E-state index is 12.3. The molecule has 0 bridgehead atoms. The average Bonchev–Trinajstić information content (AvgIpc) is 2.65. The Morgan fingerprint density at radius 2 is 2.00 bits per heavy atom. The number of amides is 1. The number of nitrogens with zero attached hydrogens (tertiary/aromatic N) is 1. The SMILES string of the molecule is CC(=O)C=C1SC(CC(=O)[O-])C(=O)N1c1ccccc1. The highest BCUT2D eigenvalue weighted by Crippen LogP contribution is 2.39. The molecule has 2 rings (SSSR count). The van der Waals surface area contributed by atoms with Crippen LogP contribution < -0.4 is 10.0 Å². The number of thioether (sulfide) groups is 1. The average molecular weight is 290 g/mol. The number of aliphatic carboxylic acids is 1. The summed E-state index contributed by atoms with van der Waals surface area (Å²) >= 11 is 1.07. The molecule has 1 aromatic rings. The molecule has 1 fully saturated rings. The van der Waals surface area contributed by atoms with Gasteiger partial charge in [-0.2, -0.15) is 0 Å². The molecular formula is C14H12NO4S-. The highest BCUT2D eigenvalue weighted by Gasteiger charge is 2.37. The first-order valence-electron chi connectivity index (χ1n) is 5.97. The second kappa shape index (κ2) is 5.92. The van der Waals surface area contributed by atoms with Gasteiger partial charge in [0.05, 0.1) is 10.3 Å². The monoisotopic (exact) mass is 290 g/mol. The van der Waals surface area contributed by atoms with Crippen LogP contribution in [0.1, 0.15) is 13.3 Å². The molecule has 1 aliphatic rings. The topological polar surface area (TPSA) is 77.5 Å². The Bertz CT molecular complexity index is 582. The lowest BCUT2D eigenvalue weighted by Gasteiger charge is -2.17. The van der Waals surface area contributed by atoms with Gasteiger partial charge in [0, 0.05) is 24.2 Å². The van der Waals surface area contributed by atoms with Gasteiger partial charge in [-0.25, -0.2) is 0 Å². The van der Waals surface area contributed by atoms with Crippen molar-refractivity contribution >= 4 is 35.1 Å². The van der Waals surface area contributed by atoms with E-state index < -0.39 is 11.2 Å². The number of benzene rings is 1. The summed E-state index contributed by atoms with van der Waals surface area (Å²) in [7, 11) is 0. The summed E-state index contributed by atoms with van der Waals surface area (Å²) in [4.78, 5) is 35.6. The number of hydrogen-bond donors (Lipinski definition) is 0. The number of hydrogen-bond acceptors (Lipinski definition) is 5. The maximum atomic E-state index is 12.3. The molecule has 1 amide bonds. The number of anilines is 1. The van der Waals surface area contributed by atoms with Gasteiger partial charge < -0.3 is 9.90 Å². The minimum atomic E-state index is -1.28. The van der Waals surface area contributed by atoms with Crippen LogP contribution >= 0.6 is 11.8 Å². The van der Waals surface area contributed by atoms with E-state index in [2.05, 4.69) is 0 Å². The van der Waals surface area contributed by atoms with Crippen LogP contribution in [0.25, 0.3) is 0 Å². The number of ketones is 1. The van der Waals surface area contributed by atoms with E-state index >= 15 is 0 Å². The van der Waals surface area contributed by atoms with Crippen molar-refractivity contribution in [1.82, 2.24) is 0 Å². The standard InChI is InChI=1S/C14H13NO4S/c1-9(16)7-12-15(10-5-3-2-4-6-10)14(19)11(20-12)8-13(17)18/h2-7,11H,8H2,1H3,(H,17,18)/p-1. The molecule has 0 N–H and O–H groups in total. The predicted molar refractivity (Wildman–Crippen MR) is 73.7 cm³/mol. The molecule has 0 radical (unpaired) electrons. The van der Waals surface area contributed by atoms with E-state index in [4.69, 9.17) is 0 Å². The molecule has 1 heterocycles. The van der Waals surface area contributed by atoms with Gasteiger partial charge in [0.1, 0.15) is 0 Å². The Labute approximate surface area is 120 Å². The largest absolute Gasteiger partial charge is 0.550 e. The van der Waals surface area contributed by atoms with E-state index in [1.165, 1.54) is 17.9 Å². The summed E-state index contributed by atoms with van der Waals surface area (Å²) in [6.45, 7) is 1.38. The van der Waals surface area contributed by atoms with Crippen molar-refractivity contribution in [3.63, 3.8) is 0 Å². The zero-order valence-electron chi connectivity index (χ0n) is 10.7. The van der Waals surface area contributed by atoms with Crippen molar-refractivity contribution in [2.45, 2.75) is 18.6 Å². The third-order valence-electron chi connectivity index (χ3n) is 2.67. The summed E-state index contributed by atoms with van der Waals surface area (Å²) in [5.74, 6) is -1.83. The van der Waals surface area contributed by atoms with Crippen LogP contribution in [0.3, 0.4) is 0 Å². The molecule has 1 unspecified atom stereocenters. The van der Waals surface area contributed by atoms with Gasteiger partial charge >= 0.3 is 0 Å². The van der Waals surface area contributed by atoms with Gasteiger partial charge in [-0.05, 0) is 19.1 Å². The predicted octanol–water partition coefficient (Wildman–Crippen LogP) is 0.705. The molecule has 0 saturated carbocycles. The fourth-order valence-electron chi connectivity index (χ4n) is 1.89. The number of para-hydroxylation sites is 1. The highest BCUT2D eigenvalue weighted by molar-refractivity contribution is 8.05. The van der Waals surface area contributed by atoms with Gasteiger partial charge in [0.2, 0.25) is 5.91 Å². The normalized spacial score (nSPS) is 20.4. The summed E-state index contributed by atoms with van der Waals surface area (Å²) < 4.78 is 0. The molecule has 0 aliphatic carbocycles. The lowest BCUT2D eigenvalue weighted by molar-refractivity contribution is -0.305. The third-order valence-corrected chi connectivity index (χ3v) is 3.87. The van der Waals surface area contributed by atoms with Gasteiger partial charge in [0.25, 0.3) is 0 Å². The molecule has 1 saturated heterocycles. The van der Waals surface area contributed by atoms with Gasteiger partial charge in [-0.3, -0.25) is 14.5 Å². The third kappa shape index (κ3) is 3.08. The second-order valence-electron chi connectivity index (χ2n) is 4.29. The maximum Gasteiger partial charge on any atom is 0.245 e. The quantitative estimate of drug-likeness (QED) is 0.763. The first kappa shape index (κ1) is 14.3. The lowest BCUT2D eigenvalue weighted by Crippen LogP contribution is -2.33. The Hall–Kier alpha value is -2.08. The molecule has 5 nitrogen and oxygen atoms in total. The van der Waals surface area contributed by atoms with Crippen molar-refractivity contribution in [3.8, 4) is 0 Å². The Morgan fingerprint density at radius 1 is 1.35 bits per heavy atom. The van der Waals surface area contributed by atoms with Crippen molar-refractivity contribution in [3.05, 3.63) is 41.4 Å². The molecule has 104 valence electrons. The van der Waals surface area contributed by atoms with E-state index in [-0.39, 0.29) is 18.1 Å². The molecule has 1 atom stereocenters. The zero-order chi connectivity index (χ0) is 14.7. The molecule has 20 heavy (non-hydrogen) atoms. The zero-order valence-corrected chi connectivity index (χ0v) is 11.6. The van der Waals surface area contributed by atoms with Gasteiger partial charge in [-0.15, -0.1) is 0 Å². The Balaban J connectivity index is 2.37. The summed E-state index contributed by atoms with van der Waals surface area (Å²) in [5, 5.41) is 10.4. The summed E-state index contributed by atoms with van der Waals surface area (Å²) in [6.07, 6.45) is 0.965. The van der Waals surface area contributed by atoms with Gasteiger partial charge in [-0.1, -0.05) is 30.0 Å². The van der Waals surface area contributed by atoms with Crippen LogP contribution in [0.4, 0.5) is 5.69 Å². The highest BCUT2D eigenvalue weighted by atomic mass is 32.2. The number of carbonyl (C=O) groups is 3. The first-order valence-corrected chi connectivity index (χ1v) is 6.85. The summed E-state index contributed by atoms with van der Waals surface area (Å²) in [6, 6.07) is 8.81. The van der Waals surface area contributed by atoms with Crippen molar-refractivity contribution < 1.29 is 19.5 Å². The van der Waals surface area contributed by atoms with Gasteiger partial charge in [0.15, 0.2) is 5.78 Å². The molecular weight excluding hydrogens is 278 g/mol. The number of rotatable bonds is 4. The molecule has 6 heteroatoms. The minimum absolute atomic E-state index is 0.199. The minimum Gasteiger partial charge on any atom is -0.550 e. The fraction of sp³-hybridized carbons (Fsp3) is 0.214. The Morgan fingerprint density at radius 3 is 2.55 bits per heavy atom. The van der Waals surface area contributed by atoms with Crippen molar-refractivity contribution in [2.75, 3.05) is 4.90 Å². The molecule has 1 aliphatic heterocycles. The lowest BCUT2D eigenvalue weighted by atomic mass is 10.2. The number of carboxylic acid groups (broad SMARTS) is 1. The van der Waals surface area contributed by atoms with Crippen LogP contribution in [-0.2, 0) is 14.4 Å². The van der Waals surface area contributed by atoms with Crippen LogP contribution in [0, 0.1) is 0 Å². The van der Waals surface area contributed by atoms with Crippen LogP contribution in [-0.4, -0.2) is 22.9 Å². The van der Waals surface area contributed by atoms with Crippen LogP contribution in [0.2, 0.25) is 0 Å². The summed E-state index contributed by atoms with van der Waals surface area (Å²) in [5.41, 5.74) is 0.610. The Kier molecular flexibility index (Phi) is 4.24. The molecule has 0 spiro atoms. The second-order valence-corrected chi connectivity index (χ2v) is 5.51. The van der Waals surface area contributed by atoms with E-state index in [0.717, 1.165) is 11.8 Å².